The van der Waals surface area contributed by atoms with Gasteiger partial charge in [-0.25, -0.2) is 4.98 Å². The largest absolute Gasteiger partial charge is 0.493 e. The molecule has 0 amide bonds. The van der Waals surface area contributed by atoms with Crippen LogP contribution in [0.2, 0.25) is 0 Å². The molecule has 132 valence electrons. The molecule has 1 atom stereocenters. The number of ether oxygens (including phenoxy) is 2. The summed E-state index contributed by atoms with van der Waals surface area (Å²) < 4.78 is 39.8. The lowest BCUT2D eigenvalue weighted by Crippen LogP contribution is -2.12. The van der Waals surface area contributed by atoms with Gasteiger partial charge in [0.15, 0.2) is 28.8 Å². The smallest absolute Gasteiger partial charge is 0.387 e. The first-order chi connectivity index (χ1) is 12.5. The number of nitrogens with zero attached hydrogens (tertiary/aromatic N) is 2. The molecule has 0 bridgehead atoms. The number of hydrogen-bond acceptors (Lipinski definition) is 6. The second-order valence-electron chi connectivity index (χ2n) is 5.19. The summed E-state index contributed by atoms with van der Waals surface area (Å²) in [6, 6.07) is 12.4. The van der Waals surface area contributed by atoms with Crippen molar-refractivity contribution in [2.45, 2.75) is 12.5 Å². The van der Waals surface area contributed by atoms with Gasteiger partial charge in [-0.2, -0.15) is 14.0 Å². The first kappa shape index (κ1) is 17.4. The predicted molar refractivity (Wildman–Crippen MR) is 86.3 cm³/mol. The number of Topliss-reactive ketones (excluding diaryl/α,β-unsaturated/α-hetero) is 1. The van der Waals surface area contributed by atoms with Crippen LogP contribution < -0.4 is 9.47 Å². The molecule has 0 aliphatic rings. The number of fused-ring (bicyclic) bond motifs is 1. The summed E-state index contributed by atoms with van der Waals surface area (Å²) in [5, 5.41) is 9.41. The highest BCUT2D eigenvalue weighted by atomic mass is 19.3. The zero-order valence-corrected chi connectivity index (χ0v) is 13.5. The number of aromatic nitrogens is 1. The minimum absolute atomic E-state index is 0.00439. The molecule has 0 radical (unpaired) electrons. The van der Waals surface area contributed by atoms with Crippen molar-refractivity contribution in [3.63, 3.8) is 0 Å². The van der Waals surface area contributed by atoms with E-state index >= 15 is 0 Å². The van der Waals surface area contributed by atoms with E-state index in [1.807, 2.05) is 6.07 Å². The highest BCUT2D eigenvalue weighted by Crippen LogP contribution is 2.32. The third-order valence-corrected chi connectivity index (χ3v) is 3.61. The third kappa shape index (κ3) is 3.32. The number of para-hydroxylation sites is 2. The fraction of sp³-hybridized carbons (Fsp3) is 0.167. The lowest BCUT2D eigenvalue weighted by atomic mass is 9.98. The second-order valence-corrected chi connectivity index (χ2v) is 5.19. The summed E-state index contributed by atoms with van der Waals surface area (Å²) in [7, 11) is 1.28. The van der Waals surface area contributed by atoms with Crippen LogP contribution in [-0.2, 0) is 0 Å². The van der Waals surface area contributed by atoms with Gasteiger partial charge in [-0.05, 0) is 30.3 Å². The average molecular weight is 358 g/mol. The number of rotatable bonds is 6. The average Bonchev–Trinajstić information content (AvgIpc) is 3.05. The van der Waals surface area contributed by atoms with Crippen molar-refractivity contribution in [3.05, 3.63) is 53.9 Å². The molecule has 0 N–H and O–H groups in total. The van der Waals surface area contributed by atoms with Crippen LogP contribution in [0.5, 0.6) is 11.5 Å². The Morgan fingerprint density at radius 1 is 1.23 bits per heavy atom. The SMILES string of the molecule is COc1ccc(C(=O)C(C#N)c2nc3ccccc3o2)cc1OC(F)F. The van der Waals surface area contributed by atoms with E-state index in [4.69, 9.17) is 9.15 Å². The molecule has 3 rings (SSSR count). The number of nitriles is 1. The zero-order chi connectivity index (χ0) is 18.7. The van der Waals surface area contributed by atoms with Gasteiger partial charge in [0.2, 0.25) is 5.89 Å². The van der Waals surface area contributed by atoms with Crippen molar-refractivity contribution in [1.82, 2.24) is 4.98 Å². The summed E-state index contributed by atoms with van der Waals surface area (Å²) in [5.74, 6) is -2.30. The molecule has 8 heteroatoms. The summed E-state index contributed by atoms with van der Waals surface area (Å²) in [4.78, 5) is 16.8. The van der Waals surface area contributed by atoms with Gasteiger partial charge in [0.25, 0.3) is 0 Å². The van der Waals surface area contributed by atoms with Crippen molar-refractivity contribution < 1.29 is 27.5 Å². The van der Waals surface area contributed by atoms with E-state index in [1.165, 1.54) is 19.2 Å². The van der Waals surface area contributed by atoms with Crippen molar-refractivity contribution >= 4 is 16.9 Å². The zero-order valence-electron chi connectivity index (χ0n) is 13.5. The summed E-state index contributed by atoms with van der Waals surface area (Å²) >= 11 is 0. The van der Waals surface area contributed by atoms with Crippen LogP contribution in [0.4, 0.5) is 8.78 Å². The Kier molecular flexibility index (Phi) is 4.80. The Labute approximate surface area is 146 Å². The summed E-state index contributed by atoms with van der Waals surface area (Å²) in [5.41, 5.74) is 0.939. The Morgan fingerprint density at radius 3 is 2.65 bits per heavy atom. The fourth-order valence-corrected chi connectivity index (χ4v) is 2.42. The monoisotopic (exact) mass is 358 g/mol. The minimum atomic E-state index is -3.09. The number of carbonyl (C=O) groups is 1. The highest BCUT2D eigenvalue weighted by Gasteiger charge is 2.28. The number of hydrogen-bond donors (Lipinski definition) is 0. The molecular weight excluding hydrogens is 346 g/mol. The maximum atomic E-state index is 12.7. The van der Waals surface area contributed by atoms with Crippen LogP contribution in [0, 0.1) is 11.3 Å². The molecule has 0 aliphatic heterocycles. The topological polar surface area (TPSA) is 85.4 Å². The van der Waals surface area contributed by atoms with E-state index in [-0.39, 0.29) is 23.0 Å². The van der Waals surface area contributed by atoms with E-state index in [1.54, 1.807) is 24.3 Å². The lowest BCUT2D eigenvalue weighted by Gasteiger charge is -2.11. The highest BCUT2D eigenvalue weighted by molar-refractivity contribution is 6.02. The van der Waals surface area contributed by atoms with Gasteiger partial charge in [0.1, 0.15) is 5.52 Å². The van der Waals surface area contributed by atoms with Gasteiger partial charge in [0, 0.05) is 5.56 Å². The van der Waals surface area contributed by atoms with Crippen LogP contribution >= 0.6 is 0 Å². The quantitative estimate of drug-likeness (QED) is 0.621. The number of methoxy groups -OCH3 is 1. The predicted octanol–water partition coefficient (Wildman–Crippen LogP) is 3.93. The molecule has 26 heavy (non-hydrogen) atoms. The number of carbonyl (C=O) groups excluding carboxylic acids is 1. The number of ketones is 1. The summed E-state index contributed by atoms with van der Waals surface area (Å²) in [6.45, 7) is -3.09. The van der Waals surface area contributed by atoms with E-state index in [0.717, 1.165) is 6.07 Å². The first-order valence-corrected chi connectivity index (χ1v) is 7.45. The Bertz CT molecular complexity index is 961. The molecule has 1 aromatic heterocycles. The van der Waals surface area contributed by atoms with Crippen LogP contribution in [0.3, 0.4) is 0 Å². The minimum Gasteiger partial charge on any atom is -0.493 e. The number of alkyl halides is 2. The molecule has 1 heterocycles. The number of benzene rings is 2. The summed E-state index contributed by atoms with van der Waals surface area (Å²) in [6.07, 6.45) is 0. The molecule has 0 aliphatic carbocycles. The van der Waals surface area contributed by atoms with Crippen molar-refractivity contribution in [2.24, 2.45) is 0 Å². The van der Waals surface area contributed by atoms with E-state index in [2.05, 4.69) is 9.72 Å². The molecule has 3 aromatic rings. The molecule has 0 fully saturated rings. The maximum Gasteiger partial charge on any atom is 0.387 e. The van der Waals surface area contributed by atoms with Gasteiger partial charge in [-0.3, -0.25) is 4.79 Å². The van der Waals surface area contributed by atoms with Crippen molar-refractivity contribution in [1.29, 1.82) is 5.26 Å². The van der Waals surface area contributed by atoms with Crippen molar-refractivity contribution in [3.8, 4) is 17.6 Å². The molecule has 0 spiro atoms. The number of oxazole rings is 1. The van der Waals surface area contributed by atoms with Gasteiger partial charge in [-0.15, -0.1) is 0 Å². The van der Waals surface area contributed by atoms with Gasteiger partial charge in [0.05, 0.1) is 13.2 Å². The maximum absolute atomic E-state index is 12.7. The van der Waals surface area contributed by atoms with E-state index < -0.39 is 18.3 Å². The molecule has 2 aromatic carbocycles. The van der Waals surface area contributed by atoms with Crippen LogP contribution in [0.15, 0.2) is 46.9 Å². The lowest BCUT2D eigenvalue weighted by molar-refractivity contribution is -0.0512. The van der Waals surface area contributed by atoms with E-state index in [0.29, 0.717) is 11.1 Å². The van der Waals surface area contributed by atoms with Crippen LogP contribution in [-0.4, -0.2) is 24.5 Å². The standard InChI is InChI=1S/C18H12F2N2O4/c1-24-14-7-6-10(8-15(14)26-18(19)20)16(23)11(9-21)17-22-12-4-2-3-5-13(12)25-17/h2-8,11,18H,1H3. The number of halogens is 2. The Hall–Kier alpha value is -3.47. The first-order valence-electron chi connectivity index (χ1n) is 7.45. The Morgan fingerprint density at radius 2 is 2.00 bits per heavy atom. The van der Waals surface area contributed by atoms with E-state index in [9.17, 15) is 18.8 Å². The fourth-order valence-electron chi connectivity index (χ4n) is 2.42. The molecule has 1 unspecified atom stereocenters. The van der Waals surface area contributed by atoms with Crippen LogP contribution in [0.25, 0.3) is 11.1 Å². The van der Waals surface area contributed by atoms with Gasteiger partial charge < -0.3 is 13.9 Å². The van der Waals surface area contributed by atoms with Crippen LogP contribution in [0.1, 0.15) is 22.2 Å². The Balaban J connectivity index is 1.97. The van der Waals surface area contributed by atoms with Gasteiger partial charge in [-0.1, -0.05) is 12.1 Å². The van der Waals surface area contributed by atoms with Crippen molar-refractivity contribution in [2.75, 3.05) is 7.11 Å². The van der Waals surface area contributed by atoms with Gasteiger partial charge >= 0.3 is 6.61 Å². The molecule has 0 saturated heterocycles. The second kappa shape index (κ2) is 7.19. The molecule has 0 saturated carbocycles. The third-order valence-electron chi connectivity index (χ3n) is 3.61. The molecule has 6 nitrogen and oxygen atoms in total. The molecular formula is C18H12F2N2O4. The normalized spacial score (nSPS) is 12.0.